The molecular formula is C26H29N3O4S. The molecule has 1 fully saturated rings. The molecule has 0 spiro atoms. The molecule has 2 atom stereocenters. The summed E-state index contributed by atoms with van der Waals surface area (Å²) in [4.78, 5) is 19.2. The lowest BCUT2D eigenvalue weighted by atomic mass is 10.0. The van der Waals surface area contributed by atoms with Crippen molar-refractivity contribution < 1.29 is 19.0 Å². The van der Waals surface area contributed by atoms with E-state index < -0.39 is 0 Å². The quantitative estimate of drug-likeness (QED) is 0.549. The molecule has 2 unspecified atom stereocenters. The van der Waals surface area contributed by atoms with E-state index in [4.69, 9.17) is 14.2 Å². The van der Waals surface area contributed by atoms with Gasteiger partial charge >= 0.3 is 0 Å². The number of fused-ring (bicyclic) bond motifs is 1. The van der Waals surface area contributed by atoms with Crippen molar-refractivity contribution in [2.45, 2.75) is 19.0 Å². The van der Waals surface area contributed by atoms with Crippen molar-refractivity contribution >= 4 is 22.9 Å². The third kappa shape index (κ3) is 4.56. The van der Waals surface area contributed by atoms with Crippen LogP contribution in [0.4, 0.5) is 5.69 Å². The smallest absolute Gasteiger partial charge is 0.251 e. The van der Waals surface area contributed by atoms with Crippen LogP contribution in [0.1, 0.15) is 28.2 Å². The van der Waals surface area contributed by atoms with Crippen LogP contribution in [-0.4, -0.2) is 56.9 Å². The number of nitrogens with one attached hydrogen (secondary N) is 1. The first-order valence-electron chi connectivity index (χ1n) is 11.5. The molecule has 1 amide bonds. The normalized spacial score (nSPS) is 17.3. The zero-order valence-corrected chi connectivity index (χ0v) is 20.2. The standard InChI is InChI=1S/C26H29N3O4S/c1-18(27-26(30)19-9-10-22-23(16-19)33-17-32-22)25(24-8-5-15-34-24)29-13-11-28(12-14-29)20-6-3-4-7-21(20)31-2/h3-10,15-16,18,25H,11-14,17H2,1-2H3,(H,27,30). The van der Waals surface area contributed by atoms with Crippen molar-refractivity contribution in [3.05, 3.63) is 70.4 Å². The van der Waals surface area contributed by atoms with Gasteiger partial charge in [-0.15, -0.1) is 11.3 Å². The second kappa shape index (κ2) is 9.95. The van der Waals surface area contributed by atoms with E-state index in [1.807, 2.05) is 18.2 Å². The molecule has 2 aromatic carbocycles. The minimum absolute atomic E-state index is 0.0746. The average molecular weight is 480 g/mol. The third-order valence-electron chi connectivity index (χ3n) is 6.44. The van der Waals surface area contributed by atoms with E-state index >= 15 is 0 Å². The summed E-state index contributed by atoms with van der Waals surface area (Å²) in [6, 6.07) is 17.7. The molecule has 0 bridgehead atoms. The molecule has 0 saturated carbocycles. The molecule has 1 aromatic heterocycles. The van der Waals surface area contributed by atoms with Gasteiger partial charge in [-0.1, -0.05) is 18.2 Å². The van der Waals surface area contributed by atoms with Gasteiger partial charge in [0, 0.05) is 42.7 Å². The zero-order chi connectivity index (χ0) is 23.5. The number of benzene rings is 2. The van der Waals surface area contributed by atoms with Crippen molar-refractivity contribution in [2.24, 2.45) is 0 Å². The van der Waals surface area contributed by atoms with Crippen molar-refractivity contribution in [1.82, 2.24) is 10.2 Å². The van der Waals surface area contributed by atoms with Gasteiger partial charge in [0.1, 0.15) is 5.75 Å². The maximum atomic E-state index is 13.1. The van der Waals surface area contributed by atoms with Crippen LogP contribution in [0.5, 0.6) is 17.2 Å². The van der Waals surface area contributed by atoms with Crippen LogP contribution in [-0.2, 0) is 0 Å². The minimum atomic E-state index is -0.111. The lowest BCUT2D eigenvalue weighted by Gasteiger charge is -2.42. The Morgan fingerprint density at radius 2 is 1.82 bits per heavy atom. The highest BCUT2D eigenvalue weighted by Crippen LogP contribution is 2.34. The number of methoxy groups -OCH3 is 1. The van der Waals surface area contributed by atoms with E-state index in [-0.39, 0.29) is 24.8 Å². The predicted octanol–water partition coefficient (Wildman–Crippen LogP) is 4.17. The highest BCUT2D eigenvalue weighted by Gasteiger charge is 2.31. The first-order valence-corrected chi connectivity index (χ1v) is 12.4. The molecule has 7 nitrogen and oxygen atoms in total. The summed E-state index contributed by atoms with van der Waals surface area (Å²) in [7, 11) is 1.71. The molecule has 2 aliphatic rings. The number of amides is 1. The number of carbonyl (C=O) groups excluding carboxylic acids is 1. The van der Waals surface area contributed by atoms with E-state index in [0.29, 0.717) is 17.1 Å². The van der Waals surface area contributed by atoms with E-state index in [0.717, 1.165) is 37.6 Å². The highest BCUT2D eigenvalue weighted by molar-refractivity contribution is 7.10. The summed E-state index contributed by atoms with van der Waals surface area (Å²) in [6.07, 6.45) is 0. The van der Waals surface area contributed by atoms with Crippen molar-refractivity contribution in [3.63, 3.8) is 0 Å². The molecule has 2 aliphatic heterocycles. The van der Waals surface area contributed by atoms with Crippen molar-refractivity contribution in [3.8, 4) is 17.2 Å². The number of hydrogen-bond donors (Lipinski definition) is 1. The molecule has 0 radical (unpaired) electrons. The van der Waals surface area contributed by atoms with Crippen LogP contribution in [0.15, 0.2) is 60.0 Å². The van der Waals surface area contributed by atoms with Gasteiger partial charge in [0.15, 0.2) is 11.5 Å². The SMILES string of the molecule is COc1ccccc1N1CCN(C(c2cccs2)C(C)NC(=O)c2ccc3c(c2)OCO3)CC1. The molecule has 8 heteroatoms. The van der Waals surface area contributed by atoms with Gasteiger partial charge in [0.05, 0.1) is 18.8 Å². The molecular weight excluding hydrogens is 450 g/mol. The Morgan fingerprint density at radius 3 is 2.59 bits per heavy atom. The number of para-hydroxylation sites is 2. The molecule has 34 heavy (non-hydrogen) atoms. The summed E-state index contributed by atoms with van der Waals surface area (Å²) in [5.74, 6) is 2.08. The number of thiophene rings is 1. The van der Waals surface area contributed by atoms with Crippen LogP contribution in [0, 0.1) is 0 Å². The second-order valence-electron chi connectivity index (χ2n) is 8.49. The molecule has 3 heterocycles. The Hall–Kier alpha value is -3.23. The lowest BCUT2D eigenvalue weighted by molar-refractivity contribution is 0.0890. The van der Waals surface area contributed by atoms with Crippen LogP contribution in [0.2, 0.25) is 0 Å². The summed E-state index contributed by atoms with van der Waals surface area (Å²) >= 11 is 1.73. The van der Waals surface area contributed by atoms with Crippen LogP contribution in [0.3, 0.4) is 0 Å². The zero-order valence-electron chi connectivity index (χ0n) is 19.4. The number of piperazine rings is 1. The van der Waals surface area contributed by atoms with Crippen LogP contribution < -0.4 is 24.4 Å². The Kier molecular flexibility index (Phi) is 6.60. The minimum Gasteiger partial charge on any atom is -0.495 e. The fourth-order valence-electron chi connectivity index (χ4n) is 4.74. The number of hydrogen-bond acceptors (Lipinski definition) is 7. The van der Waals surface area contributed by atoms with E-state index in [1.54, 1.807) is 36.6 Å². The van der Waals surface area contributed by atoms with E-state index in [9.17, 15) is 4.79 Å². The van der Waals surface area contributed by atoms with Gasteiger partial charge in [-0.2, -0.15) is 0 Å². The Balaban J connectivity index is 1.29. The number of carbonyl (C=O) groups is 1. The van der Waals surface area contributed by atoms with Crippen molar-refractivity contribution in [1.29, 1.82) is 0 Å². The second-order valence-corrected chi connectivity index (χ2v) is 9.46. The molecule has 0 aliphatic carbocycles. The Bertz CT molecular complexity index is 1130. The van der Waals surface area contributed by atoms with Gasteiger partial charge in [-0.3, -0.25) is 9.69 Å². The summed E-state index contributed by atoms with van der Waals surface area (Å²) in [5, 5.41) is 5.33. The fraction of sp³-hybridized carbons (Fsp3) is 0.346. The lowest BCUT2D eigenvalue weighted by Crippen LogP contribution is -2.52. The molecule has 1 saturated heterocycles. The maximum Gasteiger partial charge on any atom is 0.251 e. The topological polar surface area (TPSA) is 63.3 Å². The summed E-state index contributed by atoms with van der Waals surface area (Å²) in [5.41, 5.74) is 1.70. The third-order valence-corrected chi connectivity index (χ3v) is 7.38. The monoisotopic (exact) mass is 479 g/mol. The number of ether oxygens (including phenoxy) is 3. The maximum absolute atomic E-state index is 13.1. The van der Waals surface area contributed by atoms with E-state index in [2.05, 4.69) is 45.6 Å². The fourth-order valence-corrected chi connectivity index (χ4v) is 5.71. The predicted molar refractivity (Wildman–Crippen MR) is 133 cm³/mol. The number of rotatable bonds is 7. The summed E-state index contributed by atoms with van der Waals surface area (Å²) in [6.45, 7) is 5.85. The summed E-state index contributed by atoms with van der Waals surface area (Å²) < 4.78 is 16.4. The van der Waals surface area contributed by atoms with Crippen LogP contribution in [0.25, 0.3) is 0 Å². The first-order chi connectivity index (χ1) is 16.6. The van der Waals surface area contributed by atoms with Gasteiger partial charge in [0.25, 0.3) is 5.91 Å². The molecule has 5 rings (SSSR count). The number of nitrogens with zero attached hydrogens (tertiary/aromatic N) is 2. The average Bonchev–Trinajstić information content (AvgIpc) is 3.56. The Labute approximate surface area is 203 Å². The van der Waals surface area contributed by atoms with Gasteiger partial charge in [0.2, 0.25) is 6.79 Å². The van der Waals surface area contributed by atoms with Crippen molar-refractivity contribution in [2.75, 3.05) is 45.0 Å². The van der Waals surface area contributed by atoms with E-state index in [1.165, 1.54) is 4.88 Å². The Morgan fingerprint density at radius 1 is 1.03 bits per heavy atom. The molecule has 1 N–H and O–H groups in total. The molecule has 178 valence electrons. The largest absolute Gasteiger partial charge is 0.495 e. The van der Waals surface area contributed by atoms with Gasteiger partial charge < -0.3 is 24.4 Å². The van der Waals surface area contributed by atoms with Gasteiger partial charge in [-0.25, -0.2) is 0 Å². The highest BCUT2D eigenvalue weighted by atomic mass is 32.1. The first kappa shape index (κ1) is 22.6. The number of anilines is 1. The van der Waals surface area contributed by atoms with Crippen LogP contribution >= 0.6 is 11.3 Å². The van der Waals surface area contributed by atoms with Gasteiger partial charge in [-0.05, 0) is 48.7 Å². The molecule has 3 aromatic rings.